The first-order valence-corrected chi connectivity index (χ1v) is 21.7. The SMILES string of the molecule is CCCI(C)CCC(O)(c1cccc2ccccc12)c1cc(Br)cc2cc(Cc3ccccc3)c(N3CCC(O)CC3)nc12. The summed E-state index contributed by atoms with van der Waals surface area (Å²) >= 11 is 2.64. The molecule has 6 rings (SSSR count). The number of pyridine rings is 1. The fourth-order valence-corrected chi connectivity index (χ4v) is 11.2. The molecule has 2 N–H and O–H groups in total. The fourth-order valence-electron chi connectivity index (χ4n) is 6.61. The molecular weight excluding hydrogens is 723 g/mol. The average Bonchev–Trinajstić information content (AvgIpc) is 3.04. The molecule has 0 spiro atoms. The molecule has 2 heterocycles. The number of hydrogen-bond acceptors (Lipinski definition) is 4. The van der Waals surface area contributed by atoms with E-state index in [-0.39, 0.29) is 6.10 Å². The quantitative estimate of drug-likeness (QED) is 0.110. The molecule has 1 aromatic heterocycles. The summed E-state index contributed by atoms with van der Waals surface area (Å²) in [5.41, 5.74) is 3.88. The van der Waals surface area contributed by atoms with Crippen molar-refractivity contribution in [2.45, 2.75) is 50.7 Å². The number of halogens is 2. The summed E-state index contributed by atoms with van der Waals surface area (Å²) in [6.07, 6.45) is 3.85. The first kappa shape index (κ1) is 31.5. The topological polar surface area (TPSA) is 56.6 Å². The third kappa shape index (κ3) is 6.69. The molecular formula is C38H42BrIN2O2. The number of aliphatic hydroxyl groups is 2. The van der Waals surface area contributed by atoms with Crippen LogP contribution in [0.3, 0.4) is 0 Å². The van der Waals surface area contributed by atoms with Crippen LogP contribution >= 0.6 is 35.7 Å². The number of alkyl halides is 3. The molecule has 1 fully saturated rings. The van der Waals surface area contributed by atoms with Crippen LogP contribution in [0.5, 0.6) is 0 Å². The molecule has 1 saturated heterocycles. The number of nitrogens with zero attached hydrogens (tertiary/aromatic N) is 2. The number of anilines is 1. The van der Waals surface area contributed by atoms with Gasteiger partial charge < -0.3 is 0 Å². The maximum atomic E-state index is 13.1. The van der Waals surface area contributed by atoms with Crippen molar-refractivity contribution in [1.82, 2.24) is 4.98 Å². The van der Waals surface area contributed by atoms with Gasteiger partial charge in [-0.1, -0.05) is 6.07 Å². The Kier molecular flexibility index (Phi) is 9.91. The van der Waals surface area contributed by atoms with Crippen molar-refractivity contribution in [3.8, 4) is 0 Å². The Hall–Kier alpha value is -2.52. The van der Waals surface area contributed by atoms with Crippen molar-refractivity contribution >= 4 is 63.2 Å². The van der Waals surface area contributed by atoms with Crippen LogP contribution in [0.15, 0.2) is 95.5 Å². The summed E-state index contributed by atoms with van der Waals surface area (Å²) in [4.78, 5) is 10.3. The Bertz CT molecular complexity index is 1730. The number of piperidine rings is 1. The van der Waals surface area contributed by atoms with E-state index in [0.29, 0.717) is 6.42 Å². The van der Waals surface area contributed by atoms with E-state index < -0.39 is 25.4 Å². The predicted octanol–water partition coefficient (Wildman–Crippen LogP) is 8.87. The Morgan fingerprint density at radius 2 is 1.61 bits per heavy atom. The van der Waals surface area contributed by atoms with E-state index in [4.69, 9.17) is 4.98 Å². The molecule has 0 bridgehead atoms. The average molecular weight is 766 g/mol. The van der Waals surface area contributed by atoms with Crippen LogP contribution in [-0.4, -0.2) is 48.2 Å². The third-order valence-electron chi connectivity index (χ3n) is 8.91. The Morgan fingerprint density at radius 3 is 2.39 bits per heavy atom. The van der Waals surface area contributed by atoms with Crippen LogP contribution in [0, 0.1) is 0 Å². The number of benzene rings is 4. The molecule has 1 aliphatic rings. The van der Waals surface area contributed by atoms with Gasteiger partial charge in [0.25, 0.3) is 0 Å². The van der Waals surface area contributed by atoms with E-state index in [1.165, 1.54) is 22.0 Å². The summed E-state index contributed by atoms with van der Waals surface area (Å²) < 4.78 is 3.30. The Morgan fingerprint density at radius 1 is 0.886 bits per heavy atom. The van der Waals surface area contributed by atoms with Gasteiger partial charge in [-0.25, -0.2) is 0 Å². The van der Waals surface area contributed by atoms with Crippen LogP contribution in [0.1, 0.15) is 54.9 Å². The second-order valence-corrected chi connectivity index (χ2v) is 19.3. The van der Waals surface area contributed by atoms with Gasteiger partial charge in [-0.15, -0.1) is 0 Å². The van der Waals surface area contributed by atoms with Crippen molar-refractivity contribution in [2.24, 2.45) is 0 Å². The monoisotopic (exact) mass is 764 g/mol. The van der Waals surface area contributed by atoms with Crippen LogP contribution in [0.4, 0.5) is 5.82 Å². The van der Waals surface area contributed by atoms with E-state index in [2.05, 4.69) is 124 Å². The first-order chi connectivity index (χ1) is 21.4. The third-order valence-corrected chi connectivity index (χ3v) is 14.7. The van der Waals surface area contributed by atoms with Gasteiger partial charge in [0.05, 0.1) is 0 Å². The van der Waals surface area contributed by atoms with Gasteiger partial charge in [0.1, 0.15) is 0 Å². The van der Waals surface area contributed by atoms with E-state index in [1.54, 1.807) is 0 Å². The molecule has 1 aliphatic heterocycles. The molecule has 4 aromatic carbocycles. The van der Waals surface area contributed by atoms with Crippen LogP contribution in [0.25, 0.3) is 21.7 Å². The summed E-state index contributed by atoms with van der Waals surface area (Å²) in [6.45, 7) is 3.80. The van der Waals surface area contributed by atoms with Crippen molar-refractivity contribution < 1.29 is 10.2 Å². The number of aliphatic hydroxyl groups excluding tert-OH is 1. The van der Waals surface area contributed by atoms with Gasteiger partial charge in [-0.2, -0.15) is 0 Å². The second kappa shape index (κ2) is 13.9. The number of rotatable bonds is 10. The zero-order chi connectivity index (χ0) is 30.7. The van der Waals surface area contributed by atoms with Crippen LogP contribution in [0.2, 0.25) is 0 Å². The van der Waals surface area contributed by atoms with Gasteiger partial charge in [-0.05, 0) is 0 Å². The molecule has 1 unspecified atom stereocenters. The molecule has 5 aromatic rings. The van der Waals surface area contributed by atoms with Gasteiger partial charge in [0, 0.05) is 0 Å². The van der Waals surface area contributed by atoms with Gasteiger partial charge in [0.15, 0.2) is 0 Å². The predicted molar refractivity (Wildman–Crippen MR) is 198 cm³/mol. The molecule has 230 valence electrons. The fraction of sp³-hybridized carbons (Fsp3) is 0.342. The molecule has 1 atom stereocenters. The van der Waals surface area contributed by atoms with E-state index in [1.807, 2.05) is 0 Å². The second-order valence-electron chi connectivity index (χ2n) is 12.1. The van der Waals surface area contributed by atoms with Gasteiger partial charge in [0.2, 0.25) is 0 Å². The molecule has 0 radical (unpaired) electrons. The summed E-state index contributed by atoms with van der Waals surface area (Å²) in [5, 5.41) is 26.7. The first-order valence-electron chi connectivity index (χ1n) is 15.7. The molecule has 44 heavy (non-hydrogen) atoms. The summed E-state index contributed by atoms with van der Waals surface area (Å²) in [6, 6.07) is 31.8. The molecule has 4 nitrogen and oxygen atoms in total. The standard InChI is InChI=1S/C38H42BrIN2O2/c1-3-19-40(2)20-18-38(44,34-15-9-13-28-12-7-8-14-33(28)34)35-26-31(39)25-29-24-30(23-27-10-5-4-6-11-27)37(41-36(29)35)42-21-16-32(43)17-22-42/h4-15,24-26,32,43-44H,3,16-23H2,1-2H3. The van der Waals surface area contributed by atoms with E-state index in [9.17, 15) is 10.2 Å². The van der Waals surface area contributed by atoms with E-state index in [0.717, 1.165) is 79.9 Å². The number of aromatic nitrogens is 1. The minimum absolute atomic E-state index is 0.262. The zero-order valence-electron chi connectivity index (χ0n) is 25.6. The maximum absolute atomic E-state index is 13.1. The van der Waals surface area contributed by atoms with Crippen LogP contribution < -0.4 is 4.90 Å². The molecule has 0 amide bonds. The number of fused-ring (bicyclic) bond motifs is 2. The normalized spacial score (nSPS) is 15.9. The van der Waals surface area contributed by atoms with Crippen molar-refractivity contribution in [2.75, 3.05) is 31.8 Å². The van der Waals surface area contributed by atoms with Crippen molar-refractivity contribution in [1.29, 1.82) is 0 Å². The zero-order valence-corrected chi connectivity index (χ0v) is 29.4. The molecule has 6 heteroatoms. The van der Waals surface area contributed by atoms with Gasteiger partial charge in [-0.3, -0.25) is 0 Å². The van der Waals surface area contributed by atoms with Crippen molar-refractivity contribution in [3.05, 3.63) is 118 Å². The van der Waals surface area contributed by atoms with Gasteiger partial charge >= 0.3 is 273 Å². The van der Waals surface area contributed by atoms with Crippen molar-refractivity contribution in [3.63, 3.8) is 0 Å². The van der Waals surface area contributed by atoms with Crippen LogP contribution in [-0.2, 0) is 12.0 Å². The number of hydrogen-bond donors (Lipinski definition) is 2. The Labute approximate surface area is 277 Å². The Balaban J connectivity index is 1.57. The minimum atomic E-state index is -1.20. The summed E-state index contributed by atoms with van der Waals surface area (Å²) in [5.74, 6) is 0.965. The summed E-state index contributed by atoms with van der Waals surface area (Å²) in [7, 11) is 0. The molecule has 0 aliphatic carbocycles. The van der Waals surface area contributed by atoms with E-state index >= 15 is 0 Å². The molecule has 0 saturated carbocycles.